The second kappa shape index (κ2) is 7.47. The molecule has 7 heteroatoms. The summed E-state index contributed by atoms with van der Waals surface area (Å²) in [5.41, 5.74) is 0. The highest BCUT2D eigenvalue weighted by atomic mass is 35.5. The lowest BCUT2D eigenvalue weighted by Crippen LogP contribution is -2.35. The number of benzene rings is 1. The average Bonchev–Trinajstić information content (AvgIpc) is 2.82. The fraction of sp³-hybridized carbons (Fsp3) is 0.333. The molecule has 0 aliphatic carbocycles. The van der Waals surface area contributed by atoms with Gasteiger partial charge >= 0.3 is 12.0 Å². The normalized spacial score (nSPS) is 12.0. The van der Waals surface area contributed by atoms with Crippen LogP contribution in [0, 0.1) is 5.92 Å². The third-order valence-corrected chi connectivity index (χ3v) is 4.61. The van der Waals surface area contributed by atoms with Gasteiger partial charge in [0.25, 0.3) is 0 Å². The smallest absolute Gasteiger partial charge is 0.319 e. The van der Waals surface area contributed by atoms with E-state index in [4.69, 9.17) is 16.3 Å². The van der Waals surface area contributed by atoms with Crippen molar-refractivity contribution in [3.8, 4) is 0 Å². The summed E-state index contributed by atoms with van der Waals surface area (Å²) in [4.78, 5) is 23.4. The number of amides is 2. The second-order valence-corrected chi connectivity index (χ2v) is 6.16. The van der Waals surface area contributed by atoms with Crippen LogP contribution < -0.4 is 10.6 Å². The van der Waals surface area contributed by atoms with Gasteiger partial charge in [0.05, 0.1) is 17.5 Å². The lowest BCUT2D eigenvalue weighted by molar-refractivity contribution is -0.147. The van der Waals surface area contributed by atoms with Crippen LogP contribution in [0.4, 0.5) is 9.80 Å². The molecule has 1 aromatic carbocycles. The zero-order valence-electron chi connectivity index (χ0n) is 12.3. The number of esters is 1. The first-order chi connectivity index (χ1) is 10.5. The van der Waals surface area contributed by atoms with Crippen LogP contribution in [0.15, 0.2) is 24.3 Å². The number of nitrogens with one attached hydrogen (secondary N) is 2. The molecule has 5 nitrogen and oxygen atoms in total. The van der Waals surface area contributed by atoms with Crippen LogP contribution in [-0.4, -0.2) is 25.2 Å². The minimum absolute atomic E-state index is 0.202. The van der Waals surface area contributed by atoms with E-state index in [1.54, 1.807) is 13.8 Å². The molecule has 1 aromatic heterocycles. The van der Waals surface area contributed by atoms with Crippen molar-refractivity contribution in [2.45, 2.75) is 13.8 Å². The minimum Gasteiger partial charge on any atom is -0.466 e. The number of anilines is 1. The molecule has 2 rings (SSSR count). The third-order valence-electron chi connectivity index (χ3n) is 3.02. The maximum absolute atomic E-state index is 11.9. The fourth-order valence-corrected chi connectivity index (χ4v) is 3.23. The summed E-state index contributed by atoms with van der Waals surface area (Å²) < 4.78 is 5.89. The van der Waals surface area contributed by atoms with Crippen LogP contribution in [0.2, 0.25) is 5.02 Å². The van der Waals surface area contributed by atoms with Gasteiger partial charge in [-0.05, 0) is 13.0 Å². The molecule has 0 fully saturated rings. The predicted molar refractivity (Wildman–Crippen MR) is 89.7 cm³/mol. The van der Waals surface area contributed by atoms with Crippen LogP contribution in [0.1, 0.15) is 13.8 Å². The zero-order chi connectivity index (χ0) is 16.1. The van der Waals surface area contributed by atoms with Crippen molar-refractivity contribution in [1.82, 2.24) is 5.32 Å². The molecular weight excluding hydrogens is 324 g/mol. The van der Waals surface area contributed by atoms with Crippen molar-refractivity contribution in [1.29, 1.82) is 0 Å². The van der Waals surface area contributed by atoms with Crippen LogP contribution in [0.3, 0.4) is 0 Å². The number of rotatable bonds is 5. The number of urea groups is 1. The monoisotopic (exact) mass is 340 g/mol. The number of ether oxygens (including phenoxy) is 1. The summed E-state index contributed by atoms with van der Waals surface area (Å²) in [5, 5.41) is 7.37. The number of fused-ring (bicyclic) bond motifs is 1. The van der Waals surface area contributed by atoms with E-state index in [9.17, 15) is 9.59 Å². The van der Waals surface area contributed by atoms with Gasteiger partial charge in [-0.25, -0.2) is 4.79 Å². The van der Waals surface area contributed by atoms with Crippen LogP contribution >= 0.6 is 22.9 Å². The van der Waals surface area contributed by atoms with E-state index < -0.39 is 11.9 Å². The van der Waals surface area contributed by atoms with Crippen molar-refractivity contribution in [3.63, 3.8) is 0 Å². The van der Waals surface area contributed by atoms with Crippen molar-refractivity contribution in [3.05, 3.63) is 29.3 Å². The molecule has 2 aromatic rings. The fourth-order valence-electron chi connectivity index (χ4n) is 1.86. The summed E-state index contributed by atoms with van der Waals surface area (Å²) in [6.07, 6.45) is 0. The topological polar surface area (TPSA) is 67.4 Å². The Balaban J connectivity index is 1.94. The molecule has 0 aliphatic heterocycles. The largest absolute Gasteiger partial charge is 0.466 e. The highest BCUT2D eigenvalue weighted by molar-refractivity contribution is 7.23. The number of hydrogen-bond acceptors (Lipinski definition) is 4. The number of thiophene rings is 1. The third kappa shape index (κ3) is 3.90. The van der Waals surface area contributed by atoms with Gasteiger partial charge in [0, 0.05) is 16.6 Å². The van der Waals surface area contributed by atoms with E-state index in [0.29, 0.717) is 16.6 Å². The lowest BCUT2D eigenvalue weighted by atomic mass is 10.2. The maximum atomic E-state index is 11.9. The standard InChI is InChI=1S/C15H17ClN2O3S/c1-3-21-14(19)9(2)8-17-15(20)18-13-12(16)10-6-4-5-7-11(10)22-13/h4-7,9H,3,8H2,1-2H3,(H2,17,18,20)/t9-/m1/s1. The van der Waals surface area contributed by atoms with Gasteiger partial charge in [0.15, 0.2) is 0 Å². The Morgan fingerprint density at radius 2 is 2.09 bits per heavy atom. The Hall–Kier alpha value is -1.79. The van der Waals surface area contributed by atoms with Crippen LogP contribution in [-0.2, 0) is 9.53 Å². The predicted octanol–water partition coefficient (Wildman–Crippen LogP) is 3.88. The maximum Gasteiger partial charge on any atom is 0.319 e. The summed E-state index contributed by atoms with van der Waals surface area (Å²) in [6, 6.07) is 7.26. The van der Waals surface area contributed by atoms with Gasteiger partial charge in [-0.3, -0.25) is 10.1 Å². The Morgan fingerprint density at radius 1 is 1.36 bits per heavy atom. The Labute approximate surface area is 137 Å². The van der Waals surface area contributed by atoms with Crippen molar-refractivity contribution >= 4 is 50.0 Å². The van der Waals surface area contributed by atoms with Gasteiger partial charge in [-0.15, -0.1) is 11.3 Å². The molecular formula is C15H17ClN2O3S. The number of halogens is 1. The first-order valence-corrected chi connectivity index (χ1v) is 8.11. The van der Waals surface area contributed by atoms with Crippen LogP contribution in [0.5, 0.6) is 0 Å². The quantitative estimate of drug-likeness (QED) is 0.812. The van der Waals surface area contributed by atoms with E-state index in [2.05, 4.69) is 10.6 Å². The molecule has 2 amide bonds. The first kappa shape index (κ1) is 16.6. The van der Waals surface area contributed by atoms with E-state index in [1.807, 2.05) is 24.3 Å². The molecule has 1 atom stereocenters. The Morgan fingerprint density at radius 3 is 2.77 bits per heavy atom. The highest BCUT2D eigenvalue weighted by Gasteiger charge is 2.16. The number of carbonyl (C=O) groups is 2. The van der Waals surface area contributed by atoms with Crippen molar-refractivity contribution in [2.75, 3.05) is 18.5 Å². The number of carbonyl (C=O) groups excluding carboxylic acids is 2. The average molecular weight is 341 g/mol. The zero-order valence-corrected chi connectivity index (χ0v) is 13.9. The van der Waals surface area contributed by atoms with E-state index in [0.717, 1.165) is 10.1 Å². The molecule has 0 saturated heterocycles. The second-order valence-electron chi connectivity index (χ2n) is 4.73. The first-order valence-electron chi connectivity index (χ1n) is 6.91. The molecule has 0 spiro atoms. The van der Waals surface area contributed by atoms with Crippen LogP contribution in [0.25, 0.3) is 10.1 Å². The molecule has 118 valence electrons. The Bertz CT molecular complexity index is 686. The van der Waals surface area contributed by atoms with Gasteiger partial charge in [0.2, 0.25) is 0 Å². The van der Waals surface area contributed by atoms with E-state index >= 15 is 0 Å². The summed E-state index contributed by atoms with van der Waals surface area (Å²) in [5.74, 6) is -0.730. The lowest BCUT2D eigenvalue weighted by Gasteiger charge is -2.11. The summed E-state index contributed by atoms with van der Waals surface area (Å²) in [6.45, 7) is 3.97. The Kier molecular flexibility index (Phi) is 5.63. The molecule has 0 unspecified atom stereocenters. The molecule has 22 heavy (non-hydrogen) atoms. The molecule has 0 radical (unpaired) electrons. The molecule has 0 bridgehead atoms. The molecule has 1 heterocycles. The minimum atomic E-state index is -0.399. The van der Waals surface area contributed by atoms with Gasteiger partial charge in [-0.1, -0.05) is 36.7 Å². The van der Waals surface area contributed by atoms with Gasteiger partial charge < -0.3 is 10.1 Å². The molecule has 2 N–H and O–H groups in total. The van der Waals surface area contributed by atoms with E-state index in [1.165, 1.54) is 11.3 Å². The van der Waals surface area contributed by atoms with Gasteiger partial charge in [-0.2, -0.15) is 0 Å². The summed E-state index contributed by atoms with van der Waals surface area (Å²) in [7, 11) is 0. The SMILES string of the molecule is CCOC(=O)[C@H](C)CNC(=O)Nc1sc2ccccc2c1Cl. The van der Waals surface area contributed by atoms with E-state index in [-0.39, 0.29) is 12.5 Å². The van der Waals surface area contributed by atoms with Crippen molar-refractivity contribution < 1.29 is 14.3 Å². The van der Waals surface area contributed by atoms with Gasteiger partial charge in [0.1, 0.15) is 5.00 Å². The summed E-state index contributed by atoms with van der Waals surface area (Å²) >= 11 is 7.65. The number of hydrogen-bond donors (Lipinski definition) is 2. The molecule has 0 aliphatic rings. The van der Waals surface area contributed by atoms with Crippen molar-refractivity contribution in [2.24, 2.45) is 5.92 Å². The highest BCUT2D eigenvalue weighted by Crippen LogP contribution is 2.39. The molecule has 0 saturated carbocycles.